The highest BCUT2D eigenvalue weighted by Gasteiger charge is 2.31. The summed E-state index contributed by atoms with van der Waals surface area (Å²) in [7, 11) is 0. The van der Waals surface area contributed by atoms with E-state index in [1.54, 1.807) is 13.0 Å². The molecule has 1 aromatic carbocycles. The van der Waals surface area contributed by atoms with E-state index < -0.39 is 6.36 Å². The number of rotatable bonds is 7. The topological polar surface area (TPSA) is 68.3 Å². The number of nitrogens with zero attached hydrogens (tertiary/aromatic N) is 1. The van der Waals surface area contributed by atoms with Crippen molar-refractivity contribution in [3.8, 4) is 5.75 Å². The molecule has 0 fully saturated rings. The summed E-state index contributed by atoms with van der Waals surface area (Å²) in [5.41, 5.74) is 1.81. The van der Waals surface area contributed by atoms with Gasteiger partial charge in [0.05, 0.1) is 0 Å². The Labute approximate surface area is 154 Å². The van der Waals surface area contributed by atoms with Crippen LogP contribution in [0.25, 0.3) is 0 Å². The van der Waals surface area contributed by atoms with Crippen molar-refractivity contribution in [1.82, 2.24) is 10.3 Å². The minimum Gasteiger partial charge on any atom is -0.406 e. The molecule has 8 heteroatoms. The first kappa shape index (κ1) is 20.4. The first-order chi connectivity index (χ1) is 12.7. The van der Waals surface area contributed by atoms with Gasteiger partial charge >= 0.3 is 6.36 Å². The number of alkyl halides is 3. The summed E-state index contributed by atoms with van der Waals surface area (Å²) in [4.78, 5) is 27.8. The number of hydrogen-bond acceptors (Lipinski definition) is 4. The van der Waals surface area contributed by atoms with Gasteiger partial charge in [-0.15, -0.1) is 13.2 Å². The zero-order chi connectivity index (χ0) is 20.0. The van der Waals surface area contributed by atoms with Gasteiger partial charge in [0.25, 0.3) is 5.91 Å². The second-order valence-corrected chi connectivity index (χ2v) is 5.94. The van der Waals surface area contributed by atoms with Crippen molar-refractivity contribution in [2.24, 2.45) is 0 Å². The quantitative estimate of drug-likeness (QED) is 0.795. The number of aromatic nitrogens is 1. The number of carbonyl (C=O) groups excluding carboxylic acids is 2. The Hall–Kier alpha value is -2.90. The third-order valence-electron chi connectivity index (χ3n) is 3.77. The molecule has 0 aliphatic carbocycles. The molecule has 0 atom stereocenters. The second-order valence-electron chi connectivity index (χ2n) is 5.94. The predicted octanol–water partition coefficient (Wildman–Crippen LogP) is 3.74. The maximum absolute atomic E-state index is 12.3. The standard InChI is InChI=1S/C19H19F3N2O3/c1-3-16(25)10-15-9-14(6-7-23-15)18(26)24-11-13-4-5-17(12(2)8-13)27-19(20,21)22/h4-9H,3,10-11H2,1-2H3,(H,24,26). The highest BCUT2D eigenvalue weighted by Crippen LogP contribution is 2.26. The molecule has 144 valence electrons. The third-order valence-corrected chi connectivity index (χ3v) is 3.77. The van der Waals surface area contributed by atoms with Crippen LogP contribution in [0.2, 0.25) is 0 Å². The van der Waals surface area contributed by atoms with Crippen molar-refractivity contribution < 1.29 is 27.5 Å². The minimum atomic E-state index is -4.75. The summed E-state index contributed by atoms with van der Waals surface area (Å²) < 4.78 is 40.8. The number of amides is 1. The molecule has 1 amide bonds. The summed E-state index contributed by atoms with van der Waals surface area (Å²) in [6.45, 7) is 3.38. The molecule has 27 heavy (non-hydrogen) atoms. The molecule has 0 radical (unpaired) electrons. The molecule has 2 aromatic rings. The summed E-state index contributed by atoms with van der Waals surface area (Å²) in [5, 5.41) is 2.69. The predicted molar refractivity (Wildman–Crippen MR) is 92.3 cm³/mol. The van der Waals surface area contributed by atoms with Gasteiger partial charge in [-0.25, -0.2) is 0 Å². The van der Waals surface area contributed by atoms with Crippen LogP contribution in [0.15, 0.2) is 36.5 Å². The van der Waals surface area contributed by atoms with Crippen molar-refractivity contribution >= 4 is 11.7 Å². The lowest BCUT2D eigenvalue weighted by molar-refractivity contribution is -0.274. The summed E-state index contributed by atoms with van der Waals surface area (Å²) in [6, 6.07) is 7.26. The number of nitrogens with one attached hydrogen (secondary N) is 1. The van der Waals surface area contributed by atoms with Crippen LogP contribution in [0.1, 0.15) is 40.5 Å². The fourth-order valence-electron chi connectivity index (χ4n) is 2.39. The monoisotopic (exact) mass is 380 g/mol. The van der Waals surface area contributed by atoms with Crippen LogP contribution in [-0.4, -0.2) is 23.0 Å². The highest BCUT2D eigenvalue weighted by molar-refractivity contribution is 5.94. The molecular formula is C19H19F3N2O3. The van der Waals surface area contributed by atoms with E-state index in [1.807, 2.05) is 0 Å². The van der Waals surface area contributed by atoms with Crippen LogP contribution >= 0.6 is 0 Å². The first-order valence-electron chi connectivity index (χ1n) is 8.28. The molecule has 0 saturated heterocycles. The average molecular weight is 380 g/mol. The van der Waals surface area contributed by atoms with E-state index >= 15 is 0 Å². The van der Waals surface area contributed by atoms with Gasteiger partial charge in [0.2, 0.25) is 0 Å². The van der Waals surface area contributed by atoms with Crippen LogP contribution in [-0.2, 0) is 17.8 Å². The van der Waals surface area contributed by atoms with Crippen LogP contribution in [0.3, 0.4) is 0 Å². The second kappa shape index (κ2) is 8.66. The van der Waals surface area contributed by atoms with Crippen LogP contribution in [0.5, 0.6) is 5.75 Å². The van der Waals surface area contributed by atoms with E-state index in [0.29, 0.717) is 28.8 Å². The fourth-order valence-corrected chi connectivity index (χ4v) is 2.39. The molecular weight excluding hydrogens is 361 g/mol. The Balaban J connectivity index is 2.00. The normalized spacial score (nSPS) is 11.1. The number of benzene rings is 1. The Bertz CT molecular complexity index is 835. The van der Waals surface area contributed by atoms with Gasteiger partial charge in [-0.05, 0) is 36.2 Å². The summed E-state index contributed by atoms with van der Waals surface area (Å²) in [5.74, 6) is -0.621. The molecule has 1 aromatic heterocycles. The van der Waals surface area contributed by atoms with E-state index in [2.05, 4.69) is 15.0 Å². The molecule has 0 spiro atoms. The number of Topliss-reactive ketones (excluding diaryl/α,β-unsaturated/α-hetero) is 1. The van der Waals surface area contributed by atoms with E-state index in [1.165, 1.54) is 37.4 Å². The number of pyridine rings is 1. The van der Waals surface area contributed by atoms with Gasteiger partial charge in [-0.1, -0.05) is 19.1 Å². The molecule has 2 rings (SSSR count). The number of carbonyl (C=O) groups is 2. The van der Waals surface area contributed by atoms with Gasteiger partial charge in [0, 0.05) is 36.8 Å². The smallest absolute Gasteiger partial charge is 0.406 e. The largest absolute Gasteiger partial charge is 0.573 e. The van der Waals surface area contributed by atoms with Crippen LogP contribution < -0.4 is 10.1 Å². The lowest BCUT2D eigenvalue weighted by Crippen LogP contribution is -2.23. The molecule has 1 heterocycles. The van der Waals surface area contributed by atoms with Gasteiger partial charge < -0.3 is 10.1 Å². The highest BCUT2D eigenvalue weighted by atomic mass is 19.4. The molecule has 0 aliphatic rings. The van der Waals surface area contributed by atoms with E-state index in [-0.39, 0.29) is 30.4 Å². The number of halogens is 3. The van der Waals surface area contributed by atoms with E-state index in [9.17, 15) is 22.8 Å². The zero-order valence-corrected chi connectivity index (χ0v) is 14.9. The van der Waals surface area contributed by atoms with Gasteiger partial charge in [-0.3, -0.25) is 14.6 Å². The Morgan fingerprint density at radius 2 is 1.93 bits per heavy atom. The molecule has 1 N–H and O–H groups in total. The molecule has 0 aliphatic heterocycles. The van der Waals surface area contributed by atoms with Crippen molar-refractivity contribution in [2.45, 2.75) is 39.6 Å². The SMILES string of the molecule is CCC(=O)Cc1cc(C(=O)NCc2ccc(OC(F)(F)F)c(C)c2)ccn1. The molecule has 0 bridgehead atoms. The molecule has 0 unspecified atom stereocenters. The van der Waals surface area contributed by atoms with Crippen molar-refractivity contribution in [3.63, 3.8) is 0 Å². The number of aryl methyl sites for hydroxylation is 1. The lowest BCUT2D eigenvalue weighted by Gasteiger charge is -2.13. The number of ketones is 1. The van der Waals surface area contributed by atoms with Gasteiger partial charge in [-0.2, -0.15) is 0 Å². The maximum Gasteiger partial charge on any atom is 0.573 e. The zero-order valence-electron chi connectivity index (χ0n) is 14.9. The Morgan fingerprint density at radius 1 is 1.19 bits per heavy atom. The fraction of sp³-hybridized carbons (Fsp3) is 0.316. The maximum atomic E-state index is 12.3. The van der Waals surface area contributed by atoms with Gasteiger partial charge in [0.15, 0.2) is 0 Å². The molecule has 5 nitrogen and oxygen atoms in total. The van der Waals surface area contributed by atoms with Crippen molar-refractivity contribution in [3.05, 3.63) is 58.9 Å². The van der Waals surface area contributed by atoms with Gasteiger partial charge in [0.1, 0.15) is 11.5 Å². The van der Waals surface area contributed by atoms with Crippen molar-refractivity contribution in [2.75, 3.05) is 0 Å². The number of ether oxygens (including phenoxy) is 1. The van der Waals surface area contributed by atoms with E-state index in [4.69, 9.17) is 0 Å². The number of hydrogen-bond donors (Lipinski definition) is 1. The van der Waals surface area contributed by atoms with E-state index in [0.717, 1.165) is 0 Å². The minimum absolute atomic E-state index is 0.0247. The third kappa shape index (κ3) is 6.40. The average Bonchev–Trinajstić information content (AvgIpc) is 2.60. The van der Waals surface area contributed by atoms with Crippen LogP contribution in [0.4, 0.5) is 13.2 Å². The lowest BCUT2D eigenvalue weighted by atomic mass is 10.1. The first-order valence-corrected chi connectivity index (χ1v) is 8.28. The summed E-state index contributed by atoms with van der Waals surface area (Å²) in [6.07, 6.45) is -2.73. The molecule has 0 saturated carbocycles. The summed E-state index contributed by atoms with van der Waals surface area (Å²) >= 11 is 0. The van der Waals surface area contributed by atoms with Crippen molar-refractivity contribution in [1.29, 1.82) is 0 Å². The Kier molecular flexibility index (Phi) is 6.55. The Morgan fingerprint density at radius 3 is 2.56 bits per heavy atom. The van der Waals surface area contributed by atoms with Crippen LogP contribution in [0, 0.1) is 6.92 Å².